The van der Waals surface area contributed by atoms with Crippen molar-refractivity contribution in [3.05, 3.63) is 48.0 Å². The molecule has 0 bridgehead atoms. The lowest BCUT2D eigenvalue weighted by molar-refractivity contribution is 0.266. The zero-order valence-electron chi connectivity index (χ0n) is 10.3. The monoisotopic (exact) mass is 213 g/mol. The molecule has 0 unspecified atom stereocenters. The maximum Gasteiger partial charge on any atom is 0.0233 e. The van der Waals surface area contributed by atoms with E-state index in [0.717, 1.165) is 6.54 Å². The summed E-state index contributed by atoms with van der Waals surface area (Å²) in [5, 5.41) is 2.65. The molecule has 0 aliphatic heterocycles. The van der Waals surface area contributed by atoms with Crippen molar-refractivity contribution in [3.63, 3.8) is 0 Å². The van der Waals surface area contributed by atoms with Crippen LogP contribution in [0.4, 0.5) is 0 Å². The molecule has 0 amide bonds. The molecule has 0 fully saturated rings. The van der Waals surface area contributed by atoms with Gasteiger partial charge in [-0.05, 0) is 43.3 Å². The Morgan fingerprint density at radius 3 is 2.38 bits per heavy atom. The molecule has 0 heterocycles. The number of hydrogen-bond acceptors (Lipinski definition) is 1. The second-order valence-corrected chi connectivity index (χ2v) is 4.69. The molecule has 0 aromatic heterocycles. The molecule has 0 spiro atoms. The summed E-state index contributed by atoms with van der Waals surface area (Å²) in [6, 6.07) is 15.8. The number of fused-ring (bicyclic) bond motifs is 1. The van der Waals surface area contributed by atoms with E-state index in [1.165, 1.54) is 16.3 Å². The number of nitrogens with zero attached hydrogens (tertiary/aromatic N) is 1. The van der Waals surface area contributed by atoms with Crippen molar-refractivity contribution in [2.24, 2.45) is 0 Å². The van der Waals surface area contributed by atoms with E-state index in [0.29, 0.717) is 6.04 Å². The van der Waals surface area contributed by atoms with E-state index >= 15 is 0 Å². The van der Waals surface area contributed by atoms with Gasteiger partial charge in [-0.25, -0.2) is 0 Å². The van der Waals surface area contributed by atoms with E-state index in [1.54, 1.807) is 0 Å². The third-order valence-corrected chi connectivity index (χ3v) is 3.13. The first-order chi connectivity index (χ1) is 7.66. The predicted octanol–water partition coefficient (Wildman–Crippen LogP) is 3.68. The zero-order chi connectivity index (χ0) is 11.5. The largest absolute Gasteiger partial charge is 0.300 e. The summed E-state index contributed by atoms with van der Waals surface area (Å²) < 4.78 is 0. The summed E-state index contributed by atoms with van der Waals surface area (Å²) in [4.78, 5) is 2.35. The van der Waals surface area contributed by atoms with Crippen molar-refractivity contribution >= 4 is 10.8 Å². The van der Waals surface area contributed by atoms with E-state index < -0.39 is 0 Å². The fourth-order valence-corrected chi connectivity index (χ4v) is 1.81. The second-order valence-electron chi connectivity index (χ2n) is 4.69. The van der Waals surface area contributed by atoms with Crippen molar-refractivity contribution < 1.29 is 0 Å². The van der Waals surface area contributed by atoms with Crippen LogP contribution in [0.15, 0.2) is 42.5 Å². The van der Waals surface area contributed by atoms with Crippen LogP contribution < -0.4 is 0 Å². The topological polar surface area (TPSA) is 3.24 Å². The second kappa shape index (κ2) is 4.67. The fraction of sp³-hybridized carbons (Fsp3) is 0.333. The molecule has 16 heavy (non-hydrogen) atoms. The molecule has 1 nitrogen and oxygen atoms in total. The van der Waals surface area contributed by atoms with Crippen LogP contribution in [-0.4, -0.2) is 18.0 Å². The summed E-state index contributed by atoms with van der Waals surface area (Å²) in [5.41, 5.74) is 1.38. The van der Waals surface area contributed by atoms with E-state index in [1.807, 2.05) is 0 Å². The molecule has 0 saturated carbocycles. The van der Waals surface area contributed by atoms with Crippen LogP contribution in [-0.2, 0) is 6.54 Å². The van der Waals surface area contributed by atoms with Gasteiger partial charge in [-0.2, -0.15) is 0 Å². The molecular weight excluding hydrogens is 194 g/mol. The van der Waals surface area contributed by atoms with Gasteiger partial charge in [0.25, 0.3) is 0 Å². The normalized spacial score (nSPS) is 11.6. The van der Waals surface area contributed by atoms with Gasteiger partial charge >= 0.3 is 0 Å². The van der Waals surface area contributed by atoms with Gasteiger partial charge in [0.05, 0.1) is 0 Å². The highest BCUT2D eigenvalue weighted by atomic mass is 15.1. The first-order valence-corrected chi connectivity index (χ1v) is 5.85. The first kappa shape index (κ1) is 11.2. The van der Waals surface area contributed by atoms with Gasteiger partial charge in [0.15, 0.2) is 0 Å². The van der Waals surface area contributed by atoms with Crippen LogP contribution in [0, 0.1) is 0 Å². The maximum atomic E-state index is 2.35. The molecule has 0 radical (unpaired) electrons. The first-order valence-electron chi connectivity index (χ1n) is 5.85. The average molecular weight is 213 g/mol. The fourth-order valence-electron chi connectivity index (χ4n) is 1.81. The molecule has 2 rings (SSSR count). The third kappa shape index (κ3) is 2.42. The standard InChI is InChI=1S/C15H19N/c1-12(2)16(3)11-13-8-9-14-6-4-5-7-15(14)10-13/h4-10,12H,11H2,1-3H3. The SMILES string of the molecule is CC(C)N(C)Cc1ccc2ccccc2c1. The van der Waals surface area contributed by atoms with Crippen molar-refractivity contribution in [1.29, 1.82) is 0 Å². The Hall–Kier alpha value is -1.34. The minimum absolute atomic E-state index is 0.589. The van der Waals surface area contributed by atoms with E-state index in [2.05, 4.69) is 68.3 Å². The van der Waals surface area contributed by atoms with E-state index in [4.69, 9.17) is 0 Å². The number of benzene rings is 2. The quantitative estimate of drug-likeness (QED) is 0.751. The van der Waals surface area contributed by atoms with Gasteiger partial charge in [-0.15, -0.1) is 0 Å². The average Bonchev–Trinajstić information content (AvgIpc) is 2.28. The Morgan fingerprint density at radius 2 is 1.69 bits per heavy atom. The van der Waals surface area contributed by atoms with Crippen LogP contribution in [0.3, 0.4) is 0 Å². The van der Waals surface area contributed by atoms with Gasteiger partial charge < -0.3 is 0 Å². The molecule has 0 saturated heterocycles. The summed E-state index contributed by atoms with van der Waals surface area (Å²) >= 11 is 0. The predicted molar refractivity (Wildman–Crippen MR) is 70.6 cm³/mol. The van der Waals surface area contributed by atoms with Crippen LogP contribution >= 0.6 is 0 Å². The van der Waals surface area contributed by atoms with Crippen molar-refractivity contribution in [3.8, 4) is 0 Å². The molecule has 2 aromatic carbocycles. The Labute approximate surface area is 97.7 Å². The van der Waals surface area contributed by atoms with Gasteiger partial charge in [0, 0.05) is 12.6 Å². The molecule has 0 aliphatic rings. The maximum absolute atomic E-state index is 2.35. The third-order valence-electron chi connectivity index (χ3n) is 3.13. The Kier molecular flexibility index (Phi) is 3.25. The summed E-state index contributed by atoms with van der Waals surface area (Å²) in [6.45, 7) is 5.46. The number of hydrogen-bond donors (Lipinski definition) is 0. The van der Waals surface area contributed by atoms with Crippen LogP contribution in [0.2, 0.25) is 0 Å². The summed E-state index contributed by atoms with van der Waals surface area (Å²) in [7, 11) is 2.17. The van der Waals surface area contributed by atoms with Crippen molar-refractivity contribution in [1.82, 2.24) is 4.90 Å². The summed E-state index contributed by atoms with van der Waals surface area (Å²) in [5.74, 6) is 0. The smallest absolute Gasteiger partial charge is 0.0233 e. The lowest BCUT2D eigenvalue weighted by atomic mass is 10.1. The summed E-state index contributed by atoms with van der Waals surface area (Å²) in [6.07, 6.45) is 0. The minimum atomic E-state index is 0.589. The minimum Gasteiger partial charge on any atom is -0.300 e. The molecule has 0 aliphatic carbocycles. The highest BCUT2D eigenvalue weighted by molar-refractivity contribution is 5.82. The highest BCUT2D eigenvalue weighted by Gasteiger charge is 2.04. The Balaban J connectivity index is 2.26. The molecular formula is C15H19N. The molecule has 2 aromatic rings. The van der Waals surface area contributed by atoms with E-state index in [9.17, 15) is 0 Å². The van der Waals surface area contributed by atoms with Crippen LogP contribution in [0.5, 0.6) is 0 Å². The highest BCUT2D eigenvalue weighted by Crippen LogP contribution is 2.16. The van der Waals surface area contributed by atoms with Crippen molar-refractivity contribution in [2.45, 2.75) is 26.4 Å². The van der Waals surface area contributed by atoms with Crippen molar-refractivity contribution in [2.75, 3.05) is 7.05 Å². The van der Waals surface area contributed by atoms with Gasteiger partial charge in [-0.3, -0.25) is 4.90 Å². The van der Waals surface area contributed by atoms with Gasteiger partial charge in [0.2, 0.25) is 0 Å². The number of rotatable bonds is 3. The lowest BCUT2D eigenvalue weighted by Crippen LogP contribution is -2.25. The lowest BCUT2D eigenvalue weighted by Gasteiger charge is -2.21. The Morgan fingerprint density at radius 1 is 1.00 bits per heavy atom. The molecule has 0 N–H and O–H groups in total. The van der Waals surface area contributed by atoms with Gasteiger partial charge in [0.1, 0.15) is 0 Å². The Bertz CT molecular complexity index is 474. The van der Waals surface area contributed by atoms with Crippen LogP contribution in [0.25, 0.3) is 10.8 Å². The van der Waals surface area contributed by atoms with E-state index in [-0.39, 0.29) is 0 Å². The zero-order valence-corrected chi connectivity index (χ0v) is 10.3. The van der Waals surface area contributed by atoms with Crippen LogP contribution in [0.1, 0.15) is 19.4 Å². The molecule has 0 atom stereocenters. The molecule has 84 valence electrons. The molecule has 1 heteroatoms. The van der Waals surface area contributed by atoms with Gasteiger partial charge in [-0.1, -0.05) is 36.4 Å².